The van der Waals surface area contributed by atoms with E-state index in [4.69, 9.17) is 4.74 Å². The van der Waals surface area contributed by atoms with Crippen molar-refractivity contribution in [3.8, 4) is 5.75 Å². The Bertz CT molecular complexity index is 1290. The zero-order valence-corrected chi connectivity index (χ0v) is 16.5. The highest BCUT2D eigenvalue weighted by Crippen LogP contribution is 2.45. The summed E-state index contributed by atoms with van der Waals surface area (Å²) >= 11 is 0. The zero-order valence-electron chi connectivity index (χ0n) is 16.5. The summed E-state index contributed by atoms with van der Waals surface area (Å²) in [6.07, 6.45) is 6.63. The van der Waals surface area contributed by atoms with Crippen molar-refractivity contribution < 1.29 is 4.74 Å². The molecule has 2 nitrogen and oxygen atoms in total. The van der Waals surface area contributed by atoms with E-state index >= 15 is 0 Å². The summed E-state index contributed by atoms with van der Waals surface area (Å²) in [6.45, 7) is 0. The summed E-state index contributed by atoms with van der Waals surface area (Å²) in [6, 6.07) is 31.8. The molecule has 2 unspecified atom stereocenters. The lowest BCUT2D eigenvalue weighted by Gasteiger charge is -2.23. The van der Waals surface area contributed by atoms with Crippen LogP contribution in [-0.4, -0.2) is 6.10 Å². The van der Waals surface area contributed by atoms with Crippen LogP contribution in [0.15, 0.2) is 109 Å². The minimum atomic E-state index is 0.0456. The lowest BCUT2D eigenvalue weighted by molar-refractivity contribution is 0.278. The Hall–Kier alpha value is -3.78. The van der Waals surface area contributed by atoms with Crippen LogP contribution in [0.5, 0.6) is 5.75 Å². The summed E-state index contributed by atoms with van der Waals surface area (Å²) < 4.78 is 6.32. The van der Waals surface area contributed by atoms with Crippen molar-refractivity contribution in [1.82, 2.24) is 0 Å². The molecule has 0 bridgehead atoms. The standard InChI is InChI=1S/C28H21NO/c1-2-9-22-19(7-1)8-5-13-26(22)29-21-17-15-20(16-18-21)23-11-6-12-25-24-10-3-4-14-27(24)30-28(23)25/h1-18,25,28-29H. The molecule has 0 aromatic heterocycles. The van der Waals surface area contributed by atoms with Crippen molar-refractivity contribution in [3.05, 3.63) is 120 Å². The van der Waals surface area contributed by atoms with E-state index in [1.165, 1.54) is 27.5 Å². The van der Waals surface area contributed by atoms with Gasteiger partial charge in [0.2, 0.25) is 0 Å². The molecule has 2 aliphatic rings. The van der Waals surface area contributed by atoms with E-state index in [0.717, 1.165) is 17.1 Å². The second-order valence-corrected chi connectivity index (χ2v) is 7.84. The molecule has 1 N–H and O–H groups in total. The van der Waals surface area contributed by atoms with E-state index in [1.54, 1.807) is 0 Å². The van der Waals surface area contributed by atoms with E-state index in [9.17, 15) is 0 Å². The fraction of sp³-hybridized carbons (Fsp3) is 0.0714. The molecule has 0 spiro atoms. The first kappa shape index (κ1) is 17.1. The van der Waals surface area contributed by atoms with Crippen LogP contribution in [0.3, 0.4) is 0 Å². The number of hydrogen-bond donors (Lipinski definition) is 1. The van der Waals surface area contributed by atoms with Gasteiger partial charge >= 0.3 is 0 Å². The fourth-order valence-electron chi connectivity index (χ4n) is 4.57. The van der Waals surface area contributed by atoms with Crippen LogP contribution in [0.2, 0.25) is 0 Å². The van der Waals surface area contributed by atoms with Gasteiger partial charge < -0.3 is 10.1 Å². The Kier molecular flexibility index (Phi) is 3.95. The van der Waals surface area contributed by atoms with Crippen LogP contribution >= 0.6 is 0 Å². The Morgan fingerprint density at radius 2 is 1.53 bits per heavy atom. The average molecular weight is 387 g/mol. The summed E-state index contributed by atoms with van der Waals surface area (Å²) in [5.41, 5.74) is 5.91. The fourth-order valence-corrected chi connectivity index (χ4v) is 4.57. The van der Waals surface area contributed by atoms with Gasteiger partial charge in [-0.05, 0) is 35.2 Å². The number of ether oxygens (including phenoxy) is 1. The lowest BCUT2D eigenvalue weighted by Crippen LogP contribution is -2.21. The molecule has 4 aromatic rings. The van der Waals surface area contributed by atoms with E-state index in [1.807, 2.05) is 6.07 Å². The molecule has 0 saturated carbocycles. The quantitative estimate of drug-likeness (QED) is 0.405. The Labute approximate surface area is 176 Å². The highest BCUT2D eigenvalue weighted by atomic mass is 16.5. The molecule has 0 amide bonds. The second-order valence-electron chi connectivity index (χ2n) is 7.84. The number of allylic oxidation sites excluding steroid dienone is 2. The number of nitrogens with one attached hydrogen (secondary N) is 1. The molecule has 0 fully saturated rings. The summed E-state index contributed by atoms with van der Waals surface area (Å²) in [5, 5.41) is 6.04. The average Bonchev–Trinajstić information content (AvgIpc) is 3.19. The molecule has 0 saturated heterocycles. The topological polar surface area (TPSA) is 21.3 Å². The smallest absolute Gasteiger partial charge is 0.135 e. The minimum absolute atomic E-state index is 0.0456. The lowest BCUT2D eigenvalue weighted by atomic mass is 9.84. The van der Waals surface area contributed by atoms with E-state index < -0.39 is 0 Å². The molecule has 30 heavy (non-hydrogen) atoms. The number of anilines is 2. The molecule has 2 atom stereocenters. The van der Waals surface area contributed by atoms with Gasteiger partial charge in [-0.2, -0.15) is 0 Å². The van der Waals surface area contributed by atoms with Crippen molar-refractivity contribution in [2.45, 2.75) is 12.0 Å². The van der Waals surface area contributed by atoms with Gasteiger partial charge in [-0.3, -0.25) is 0 Å². The predicted octanol–water partition coefficient (Wildman–Crippen LogP) is 7.08. The minimum Gasteiger partial charge on any atom is -0.484 e. The Balaban J connectivity index is 1.28. The van der Waals surface area contributed by atoms with Gasteiger partial charge in [-0.1, -0.05) is 85.0 Å². The van der Waals surface area contributed by atoms with Crippen LogP contribution in [0, 0.1) is 0 Å². The maximum Gasteiger partial charge on any atom is 0.135 e. The molecule has 4 aromatic carbocycles. The molecule has 0 radical (unpaired) electrons. The van der Waals surface area contributed by atoms with Crippen molar-refractivity contribution in [3.63, 3.8) is 0 Å². The zero-order chi connectivity index (χ0) is 19.9. The molecule has 1 heterocycles. The Morgan fingerprint density at radius 3 is 2.47 bits per heavy atom. The third kappa shape index (κ3) is 2.81. The van der Waals surface area contributed by atoms with Gasteiger partial charge in [0.05, 0.1) is 0 Å². The molecular weight excluding hydrogens is 366 g/mol. The first-order chi connectivity index (χ1) is 14.9. The summed E-state index contributed by atoms with van der Waals surface area (Å²) in [7, 11) is 0. The summed E-state index contributed by atoms with van der Waals surface area (Å²) in [4.78, 5) is 0. The highest BCUT2D eigenvalue weighted by Gasteiger charge is 2.36. The monoisotopic (exact) mass is 387 g/mol. The molecule has 1 aliphatic carbocycles. The number of rotatable bonds is 3. The predicted molar refractivity (Wildman–Crippen MR) is 124 cm³/mol. The SMILES string of the molecule is C1=CC2c3ccccc3OC2C(c2ccc(Nc3cccc4ccccc34)cc2)=C1. The van der Waals surface area contributed by atoms with Crippen LogP contribution in [-0.2, 0) is 0 Å². The largest absolute Gasteiger partial charge is 0.484 e. The molecule has 2 heteroatoms. The molecule has 1 aliphatic heterocycles. The van der Waals surface area contributed by atoms with Gasteiger partial charge in [0.25, 0.3) is 0 Å². The van der Waals surface area contributed by atoms with Crippen LogP contribution < -0.4 is 10.1 Å². The molecular formula is C28H21NO. The van der Waals surface area contributed by atoms with Crippen molar-refractivity contribution in [2.24, 2.45) is 0 Å². The van der Waals surface area contributed by atoms with Crippen molar-refractivity contribution >= 4 is 27.7 Å². The van der Waals surface area contributed by atoms with Crippen LogP contribution in [0.4, 0.5) is 11.4 Å². The maximum absolute atomic E-state index is 6.32. The molecule has 6 rings (SSSR count). The maximum atomic E-state index is 6.32. The summed E-state index contributed by atoms with van der Waals surface area (Å²) in [5.74, 6) is 1.29. The first-order valence-electron chi connectivity index (χ1n) is 10.4. The van der Waals surface area contributed by atoms with E-state index in [2.05, 4.69) is 108 Å². The van der Waals surface area contributed by atoms with Gasteiger partial charge in [0.1, 0.15) is 11.9 Å². The van der Waals surface area contributed by atoms with Gasteiger partial charge in [0.15, 0.2) is 0 Å². The number of para-hydroxylation sites is 1. The van der Waals surface area contributed by atoms with E-state index in [0.29, 0.717) is 0 Å². The number of hydrogen-bond acceptors (Lipinski definition) is 2. The van der Waals surface area contributed by atoms with E-state index in [-0.39, 0.29) is 12.0 Å². The van der Waals surface area contributed by atoms with Gasteiger partial charge in [-0.15, -0.1) is 0 Å². The van der Waals surface area contributed by atoms with Crippen molar-refractivity contribution in [1.29, 1.82) is 0 Å². The third-order valence-electron chi connectivity index (χ3n) is 6.05. The van der Waals surface area contributed by atoms with Gasteiger partial charge in [-0.25, -0.2) is 0 Å². The number of benzene rings is 4. The van der Waals surface area contributed by atoms with Crippen LogP contribution in [0.1, 0.15) is 17.0 Å². The highest BCUT2D eigenvalue weighted by molar-refractivity contribution is 5.95. The third-order valence-corrected chi connectivity index (χ3v) is 6.05. The normalized spacial score (nSPS) is 19.0. The second kappa shape index (κ2) is 6.93. The first-order valence-corrected chi connectivity index (χ1v) is 10.4. The van der Waals surface area contributed by atoms with Gasteiger partial charge in [0, 0.05) is 33.8 Å². The van der Waals surface area contributed by atoms with Crippen LogP contribution in [0.25, 0.3) is 16.3 Å². The number of fused-ring (bicyclic) bond motifs is 4. The molecule has 144 valence electrons. The van der Waals surface area contributed by atoms with Crippen molar-refractivity contribution in [2.75, 3.05) is 5.32 Å². The Morgan fingerprint density at radius 1 is 0.733 bits per heavy atom.